The molecule has 1 N–H and O–H groups in total. The van der Waals surface area contributed by atoms with E-state index in [0.717, 1.165) is 38.1 Å². The Morgan fingerprint density at radius 2 is 1.95 bits per heavy atom. The molecule has 124 valence electrons. The van der Waals surface area contributed by atoms with Crippen molar-refractivity contribution < 1.29 is 22.7 Å². The molecule has 0 saturated carbocycles. The number of carbonyl (C=O) groups is 1. The van der Waals surface area contributed by atoms with Gasteiger partial charge in [0.15, 0.2) is 0 Å². The first kappa shape index (κ1) is 18.6. The first-order valence-electron chi connectivity index (χ1n) is 6.70. The number of hydrogen-bond donors (Lipinski definition) is 1. The third kappa shape index (κ3) is 5.06. The number of likely N-dealkylation sites (N-methyl/N-ethyl adjacent to an activating group) is 1. The maximum atomic E-state index is 12.3. The Bertz CT molecular complexity index is 488. The average Bonchev–Trinajstić information content (AvgIpc) is 2.46. The van der Waals surface area contributed by atoms with Gasteiger partial charge in [0, 0.05) is 25.2 Å². The first-order chi connectivity index (χ1) is 9.87. The van der Waals surface area contributed by atoms with Crippen molar-refractivity contribution >= 4 is 18.3 Å². The molecule has 2 rings (SSSR count). The van der Waals surface area contributed by atoms with Gasteiger partial charge in [-0.1, -0.05) is 0 Å². The molecule has 1 saturated heterocycles. The Balaban J connectivity index is 0.00000242. The fourth-order valence-corrected chi connectivity index (χ4v) is 2.33. The quantitative estimate of drug-likeness (QED) is 0.921. The molecule has 0 unspecified atom stereocenters. The summed E-state index contributed by atoms with van der Waals surface area (Å²) < 4.78 is 40.0. The van der Waals surface area contributed by atoms with Crippen LogP contribution >= 0.6 is 12.4 Å². The normalized spacial score (nSPS) is 18.3. The Hall–Kier alpha value is -1.47. The summed E-state index contributed by atoms with van der Waals surface area (Å²) in [5, 5.41) is 3.22. The fourth-order valence-electron chi connectivity index (χ4n) is 2.33. The van der Waals surface area contributed by atoms with E-state index in [1.54, 1.807) is 11.9 Å². The number of alkyl halides is 3. The van der Waals surface area contributed by atoms with Crippen LogP contribution in [0.15, 0.2) is 24.3 Å². The maximum Gasteiger partial charge on any atom is 0.573 e. The predicted octanol–water partition coefficient (Wildman–Crippen LogP) is 2.83. The van der Waals surface area contributed by atoms with Crippen LogP contribution in [0.25, 0.3) is 0 Å². The minimum absolute atomic E-state index is 0. The van der Waals surface area contributed by atoms with Gasteiger partial charge in [-0.05, 0) is 43.7 Å². The highest BCUT2D eigenvalue weighted by molar-refractivity contribution is 5.94. The van der Waals surface area contributed by atoms with E-state index in [-0.39, 0.29) is 30.1 Å². The smallest absolute Gasteiger partial charge is 0.406 e. The summed E-state index contributed by atoms with van der Waals surface area (Å²) in [6.07, 6.45) is -2.80. The van der Waals surface area contributed by atoms with Crippen molar-refractivity contribution in [1.29, 1.82) is 0 Å². The highest BCUT2D eigenvalue weighted by Gasteiger charge is 2.31. The number of nitrogens with one attached hydrogen (secondary N) is 1. The lowest BCUT2D eigenvalue weighted by Crippen LogP contribution is -2.46. The molecule has 1 aliphatic rings. The molecule has 1 amide bonds. The summed E-state index contributed by atoms with van der Waals surface area (Å²) in [4.78, 5) is 13.9. The Labute approximate surface area is 133 Å². The fraction of sp³-hybridized carbons (Fsp3) is 0.500. The van der Waals surface area contributed by atoms with Crippen LogP contribution in [0.1, 0.15) is 23.2 Å². The van der Waals surface area contributed by atoms with Gasteiger partial charge in [0.2, 0.25) is 0 Å². The molecule has 0 bridgehead atoms. The number of benzene rings is 1. The lowest BCUT2D eigenvalue weighted by Gasteiger charge is -2.31. The van der Waals surface area contributed by atoms with E-state index >= 15 is 0 Å². The van der Waals surface area contributed by atoms with E-state index in [4.69, 9.17) is 0 Å². The molecule has 1 aromatic rings. The van der Waals surface area contributed by atoms with Gasteiger partial charge in [-0.25, -0.2) is 0 Å². The largest absolute Gasteiger partial charge is 0.573 e. The van der Waals surface area contributed by atoms with Gasteiger partial charge >= 0.3 is 6.36 Å². The molecule has 1 atom stereocenters. The molecular weight excluding hydrogens is 321 g/mol. The molecule has 0 aromatic heterocycles. The number of hydrogen-bond acceptors (Lipinski definition) is 3. The molecular formula is C14H18ClF3N2O2. The SMILES string of the molecule is CN(C(=O)c1ccc(OC(F)(F)F)cc1)[C@@H]1CCCNC1.Cl. The maximum absolute atomic E-state index is 12.3. The standard InChI is InChI=1S/C14H17F3N2O2.ClH/c1-19(11-3-2-8-18-9-11)13(20)10-4-6-12(7-5-10)21-14(15,16)17;/h4-7,11,18H,2-3,8-9H2,1H3;1H/t11-;/m1./s1. The second-order valence-corrected chi connectivity index (χ2v) is 4.99. The lowest BCUT2D eigenvalue weighted by atomic mass is 10.1. The van der Waals surface area contributed by atoms with E-state index in [9.17, 15) is 18.0 Å². The van der Waals surface area contributed by atoms with E-state index in [1.165, 1.54) is 12.1 Å². The summed E-state index contributed by atoms with van der Waals surface area (Å²) in [6, 6.07) is 5.09. The number of rotatable bonds is 3. The second-order valence-electron chi connectivity index (χ2n) is 4.99. The van der Waals surface area contributed by atoms with Gasteiger partial charge in [0.1, 0.15) is 5.75 Å². The van der Waals surface area contributed by atoms with E-state index in [1.807, 2.05) is 0 Å². The van der Waals surface area contributed by atoms with Crippen molar-refractivity contribution in [1.82, 2.24) is 10.2 Å². The number of carbonyl (C=O) groups excluding carboxylic acids is 1. The van der Waals surface area contributed by atoms with Gasteiger partial charge in [-0.15, -0.1) is 25.6 Å². The van der Waals surface area contributed by atoms with Crippen LogP contribution in [0.4, 0.5) is 13.2 Å². The van der Waals surface area contributed by atoms with Crippen LogP contribution in [0.5, 0.6) is 5.75 Å². The highest BCUT2D eigenvalue weighted by atomic mass is 35.5. The number of nitrogens with zero attached hydrogens (tertiary/aromatic N) is 1. The van der Waals surface area contributed by atoms with Crippen LogP contribution in [-0.4, -0.2) is 43.3 Å². The monoisotopic (exact) mass is 338 g/mol. The number of amides is 1. The highest BCUT2D eigenvalue weighted by Crippen LogP contribution is 2.23. The van der Waals surface area contributed by atoms with Crippen molar-refractivity contribution in [3.8, 4) is 5.75 Å². The summed E-state index contributed by atoms with van der Waals surface area (Å²) in [5.41, 5.74) is 0.345. The second kappa shape index (κ2) is 7.69. The molecule has 0 spiro atoms. The van der Waals surface area contributed by atoms with Crippen molar-refractivity contribution in [3.63, 3.8) is 0 Å². The van der Waals surface area contributed by atoms with Crippen LogP contribution in [0.3, 0.4) is 0 Å². The molecule has 22 heavy (non-hydrogen) atoms. The van der Waals surface area contributed by atoms with Crippen molar-refractivity contribution in [2.45, 2.75) is 25.2 Å². The third-order valence-electron chi connectivity index (χ3n) is 3.47. The molecule has 0 radical (unpaired) electrons. The van der Waals surface area contributed by atoms with Gasteiger partial charge in [-0.2, -0.15) is 0 Å². The number of piperidine rings is 1. The summed E-state index contributed by atoms with van der Waals surface area (Å²) in [5.74, 6) is -0.539. The summed E-state index contributed by atoms with van der Waals surface area (Å²) >= 11 is 0. The van der Waals surface area contributed by atoms with Gasteiger partial charge in [-0.3, -0.25) is 4.79 Å². The molecule has 0 aliphatic carbocycles. The third-order valence-corrected chi connectivity index (χ3v) is 3.47. The molecule has 1 heterocycles. The van der Waals surface area contributed by atoms with Crippen molar-refractivity contribution in [3.05, 3.63) is 29.8 Å². The topological polar surface area (TPSA) is 41.6 Å². The molecule has 1 fully saturated rings. The molecule has 1 aliphatic heterocycles. The summed E-state index contributed by atoms with van der Waals surface area (Å²) in [6.45, 7) is 1.68. The van der Waals surface area contributed by atoms with Crippen LogP contribution < -0.4 is 10.1 Å². The Morgan fingerprint density at radius 1 is 1.32 bits per heavy atom. The van der Waals surface area contributed by atoms with Crippen molar-refractivity contribution in [2.75, 3.05) is 20.1 Å². The predicted molar refractivity (Wildman–Crippen MR) is 78.4 cm³/mol. The van der Waals surface area contributed by atoms with E-state index in [2.05, 4.69) is 10.1 Å². The van der Waals surface area contributed by atoms with Crippen molar-refractivity contribution in [2.24, 2.45) is 0 Å². The number of ether oxygens (including phenoxy) is 1. The van der Waals surface area contributed by atoms with Gasteiger partial charge in [0.05, 0.1) is 0 Å². The minimum Gasteiger partial charge on any atom is -0.406 e. The number of halogens is 4. The van der Waals surface area contributed by atoms with Gasteiger partial charge < -0.3 is 15.0 Å². The van der Waals surface area contributed by atoms with Crippen LogP contribution in [0.2, 0.25) is 0 Å². The average molecular weight is 339 g/mol. The molecule has 8 heteroatoms. The van der Waals surface area contributed by atoms with E-state index in [0.29, 0.717) is 5.56 Å². The minimum atomic E-state index is -4.73. The van der Waals surface area contributed by atoms with Crippen LogP contribution in [-0.2, 0) is 0 Å². The van der Waals surface area contributed by atoms with Crippen LogP contribution in [0, 0.1) is 0 Å². The van der Waals surface area contributed by atoms with E-state index < -0.39 is 6.36 Å². The first-order valence-corrected chi connectivity index (χ1v) is 6.70. The zero-order chi connectivity index (χ0) is 15.5. The zero-order valence-electron chi connectivity index (χ0n) is 12.0. The Morgan fingerprint density at radius 3 is 2.45 bits per heavy atom. The van der Waals surface area contributed by atoms with Gasteiger partial charge in [0.25, 0.3) is 5.91 Å². The molecule has 1 aromatic carbocycles. The lowest BCUT2D eigenvalue weighted by molar-refractivity contribution is -0.274. The Kier molecular flexibility index (Phi) is 6.49. The molecule has 4 nitrogen and oxygen atoms in total. The zero-order valence-corrected chi connectivity index (χ0v) is 12.8. The summed E-state index contributed by atoms with van der Waals surface area (Å²) in [7, 11) is 1.71.